The number of likely N-dealkylation sites (tertiary alicyclic amines) is 1. The molecule has 2 fully saturated rings. The summed E-state index contributed by atoms with van der Waals surface area (Å²) in [5.41, 5.74) is 2.35. The van der Waals surface area contributed by atoms with Gasteiger partial charge in [-0.3, -0.25) is 9.59 Å². The maximum Gasteiger partial charge on any atom is 0.274 e. The Morgan fingerprint density at radius 2 is 1.96 bits per heavy atom. The molecule has 1 N–H and O–H groups in total. The molecular formula is C21H28N4O2. The van der Waals surface area contributed by atoms with Gasteiger partial charge in [-0.05, 0) is 50.3 Å². The minimum atomic E-state index is -0.107. The zero-order valence-electron chi connectivity index (χ0n) is 16.0. The molecule has 1 aliphatic heterocycles. The highest BCUT2D eigenvalue weighted by Crippen LogP contribution is 2.22. The molecule has 6 nitrogen and oxygen atoms in total. The summed E-state index contributed by atoms with van der Waals surface area (Å²) in [7, 11) is 0. The van der Waals surface area contributed by atoms with Crippen molar-refractivity contribution in [2.45, 2.75) is 57.9 Å². The lowest BCUT2D eigenvalue weighted by atomic mass is 9.93. The standard InChI is InChI=1S/C21H28N4O2/c1-15-9-11-24-14-18(23-19(24)12-15)21(27)25-10-5-6-16(13-25)20(26)22-17-7-3-2-4-8-17/h9,11-12,14,16-17H,2-8,10,13H2,1H3,(H,22,26)/t16-/m1/s1. The molecule has 144 valence electrons. The number of carbonyl (C=O) groups is 2. The van der Waals surface area contributed by atoms with E-state index in [-0.39, 0.29) is 17.7 Å². The van der Waals surface area contributed by atoms with Crippen molar-refractivity contribution >= 4 is 17.5 Å². The first kappa shape index (κ1) is 18.0. The Morgan fingerprint density at radius 3 is 2.78 bits per heavy atom. The van der Waals surface area contributed by atoms with Gasteiger partial charge in [0.15, 0.2) is 0 Å². The summed E-state index contributed by atoms with van der Waals surface area (Å²) >= 11 is 0. The van der Waals surface area contributed by atoms with E-state index < -0.39 is 0 Å². The van der Waals surface area contributed by atoms with E-state index in [1.165, 1.54) is 19.3 Å². The second-order valence-electron chi connectivity index (χ2n) is 8.03. The van der Waals surface area contributed by atoms with Crippen molar-refractivity contribution < 1.29 is 9.59 Å². The fourth-order valence-electron chi connectivity index (χ4n) is 4.29. The van der Waals surface area contributed by atoms with Crippen LogP contribution in [0.15, 0.2) is 24.5 Å². The van der Waals surface area contributed by atoms with E-state index in [0.717, 1.165) is 36.9 Å². The number of rotatable bonds is 3. The van der Waals surface area contributed by atoms with E-state index in [0.29, 0.717) is 24.8 Å². The first-order valence-corrected chi connectivity index (χ1v) is 10.1. The summed E-state index contributed by atoms with van der Waals surface area (Å²) in [6.45, 7) is 3.19. The van der Waals surface area contributed by atoms with Crippen LogP contribution in [0.5, 0.6) is 0 Å². The zero-order valence-corrected chi connectivity index (χ0v) is 16.0. The molecule has 6 heteroatoms. The van der Waals surface area contributed by atoms with E-state index in [1.807, 2.05) is 29.7 Å². The fourth-order valence-corrected chi connectivity index (χ4v) is 4.29. The number of nitrogens with one attached hydrogen (secondary N) is 1. The van der Waals surface area contributed by atoms with Gasteiger partial charge in [0.05, 0.1) is 5.92 Å². The number of aryl methyl sites for hydroxylation is 1. The molecule has 0 spiro atoms. The first-order valence-electron chi connectivity index (χ1n) is 10.1. The normalized spacial score (nSPS) is 21.4. The molecule has 0 unspecified atom stereocenters. The second kappa shape index (κ2) is 7.71. The summed E-state index contributed by atoms with van der Waals surface area (Å²) in [5, 5.41) is 3.22. The van der Waals surface area contributed by atoms with Crippen molar-refractivity contribution in [2.75, 3.05) is 13.1 Å². The predicted octanol–water partition coefficient (Wildman–Crippen LogP) is 2.94. The molecule has 2 aromatic heterocycles. The molecule has 0 bridgehead atoms. The molecular weight excluding hydrogens is 340 g/mol. The number of pyridine rings is 1. The summed E-state index contributed by atoms with van der Waals surface area (Å²) in [6.07, 6.45) is 11.3. The average Bonchev–Trinajstić information content (AvgIpc) is 3.11. The number of fused-ring (bicyclic) bond motifs is 1. The maximum absolute atomic E-state index is 12.9. The van der Waals surface area contributed by atoms with E-state index in [1.54, 1.807) is 11.1 Å². The van der Waals surface area contributed by atoms with Crippen LogP contribution >= 0.6 is 0 Å². The molecule has 1 aliphatic carbocycles. The Hall–Kier alpha value is -2.37. The van der Waals surface area contributed by atoms with E-state index >= 15 is 0 Å². The van der Waals surface area contributed by atoms with Crippen molar-refractivity contribution in [2.24, 2.45) is 5.92 Å². The maximum atomic E-state index is 12.9. The van der Waals surface area contributed by atoms with Gasteiger partial charge in [-0.25, -0.2) is 4.98 Å². The number of nitrogens with zero attached hydrogens (tertiary/aromatic N) is 3. The third-order valence-electron chi connectivity index (χ3n) is 5.87. The molecule has 1 saturated heterocycles. The van der Waals surface area contributed by atoms with Gasteiger partial charge in [-0.2, -0.15) is 0 Å². The second-order valence-corrected chi connectivity index (χ2v) is 8.03. The number of amides is 2. The van der Waals surface area contributed by atoms with E-state index in [4.69, 9.17) is 0 Å². The molecule has 4 rings (SSSR count). The van der Waals surface area contributed by atoms with Crippen molar-refractivity contribution in [3.8, 4) is 0 Å². The molecule has 2 aliphatic rings. The molecule has 1 atom stereocenters. The first-order chi connectivity index (χ1) is 13.1. The van der Waals surface area contributed by atoms with Crippen LogP contribution in [0.1, 0.15) is 61.0 Å². The highest BCUT2D eigenvalue weighted by Gasteiger charge is 2.31. The monoisotopic (exact) mass is 368 g/mol. The lowest BCUT2D eigenvalue weighted by Crippen LogP contribution is -2.48. The number of hydrogen-bond donors (Lipinski definition) is 1. The highest BCUT2D eigenvalue weighted by atomic mass is 16.2. The van der Waals surface area contributed by atoms with Gasteiger partial charge < -0.3 is 14.6 Å². The third-order valence-corrected chi connectivity index (χ3v) is 5.87. The van der Waals surface area contributed by atoms with Crippen LogP contribution in [0.3, 0.4) is 0 Å². The summed E-state index contributed by atoms with van der Waals surface area (Å²) in [5.74, 6) is -0.0690. The van der Waals surface area contributed by atoms with Gasteiger partial charge >= 0.3 is 0 Å². The van der Waals surface area contributed by atoms with Gasteiger partial charge in [0.25, 0.3) is 5.91 Å². The Balaban J connectivity index is 1.41. The Kier molecular flexibility index (Phi) is 5.14. The van der Waals surface area contributed by atoms with Gasteiger partial charge in [0.1, 0.15) is 11.3 Å². The van der Waals surface area contributed by atoms with E-state index in [2.05, 4.69) is 10.3 Å². The molecule has 1 saturated carbocycles. The van der Waals surface area contributed by atoms with Gasteiger partial charge in [-0.15, -0.1) is 0 Å². The quantitative estimate of drug-likeness (QED) is 0.906. The van der Waals surface area contributed by atoms with Gasteiger partial charge in [0.2, 0.25) is 5.91 Å². The number of hydrogen-bond acceptors (Lipinski definition) is 3. The van der Waals surface area contributed by atoms with Gasteiger partial charge in [-0.1, -0.05) is 19.3 Å². The topological polar surface area (TPSA) is 66.7 Å². The van der Waals surface area contributed by atoms with Crippen LogP contribution in [0.2, 0.25) is 0 Å². The summed E-state index contributed by atoms with van der Waals surface area (Å²) in [4.78, 5) is 31.9. The number of piperidine rings is 1. The van der Waals surface area contributed by atoms with Crippen molar-refractivity contribution in [3.63, 3.8) is 0 Å². The van der Waals surface area contributed by atoms with Crippen LogP contribution in [0.25, 0.3) is 5.65 Å². The molecule has 27 heavy (non-hydrogen) atoms. The molecule has 2 amide bonds. The van der Waals surface area contributed by atoms with Crippen LogP contribution in [-0.2, 0) is 4.79 Å². The predicted molar refractivity (Wildman–Crippen MR) is 104 cm³/mol. The SMILES string of the molecule is Cc1ccn2cc(C(=O)N3CCC[C@@H](C(=O)NC4CCCCC4)C3)nc2c1. The molecule has 2 aromatic rings. The fraction of sp³-hybridized carbons (Fsp3) is 0.571. The Morgan fingerprint density at radius 1 is 1.15 bits per heavy atom. The Labute approximate surface area is 159 Å². The zero-order chi connectivity index (χ0) is 18.8. The smallest absolute Gasteiger partial charge is 0.274 e. The van der Waals surface area contributed by atoms with Crippen molar-refractivity contribution in [3.05, 3.63) is 35.8 Å². The molecule has 0 aromatic carbocycles. The molecule has 0 radical (unpaired) electrons. The lowest BCUT2D eigenvalue weighted by Gasteiger charge is -2.33. The van der Waals surface area contributed by atoms with Crippen LogP contribution < -0.4 is 5.32 Å². The Bertz CT molecular complexity index is 838. The van der Waals surface area contributed by atoms with Gasteiger partial charge in [0, 0.05) is 31.5 Å². The summed E-state index contributed by atoms with van der Waals surface area (Å²) < 4.78 is 1.87. The number of aromatic nitrogens is 2. The molecule has 3 heterocycles. The largest absolute Gasteiger partial charge is 0.353 e. The minimum Gasteiger partial charge on any atom is -0.353 e. The van der Waals surface area contributed by atoms with Crippen LogP contribution in [0.4, 0.5) is 0 Å². The lowest BCUT2D eigenvalue weighted by molar-refractivity contribution is -0.127. The summed E-state index contributed by atoms with van der Waals surface area (Å²) in [6, 6.07) is 4.28. The minimum absolute atomic E-state index is 0.0773. The van der Waals surface area contributed by atoms with Crippen molar-refractivity contribution in [1.82, 2.24) is 19.6 Å². The van der Waals surface area contributed by atoms with Crippen LogP contribution in [-0.4, -0.2) is 45.2 Å². The number of carbonyl (C=O) groups excluding carboxylic acids is 2. The average molecular weight is 368 g/mol. The van der Waals surface area contributed by atoms with E-state index in [9.17, 15) is 9.59 Å². The third kappa shape index (κ3) is 3.99. The van der Waals surface area contributed by atoms with Crippen LogP contribution in [0, 0.1) is 12.8 Å². The highest BCUT2D eigenvalue weighted by molar-refractivity contribution is 5.93. The number of imidazole rings is 1. The van der Waals surface area contributed by atoms with Crippen molar-refractivity contribution in [1.29, 1.82) is 0 Å².